The predicted octanol–water partition coefficient (Wildman–Crippen LogP) is 2.94. The molecule has 24 heavy (non-hydrogen) atoms. The van der Waals surface area contributed by atoms with Gasteiger partial charge >= 0.3 is 0 Å². The van der Waals surface area contributed by atoms with Crippen LogP contribution < -0.4 is 0 Å². The van der Waals surface area contributed by atoms with Crippen molar-refractivity contribution in [3.05, 3.63) is 47.6 Å². The zero-order chi connectivity index (χ0) is 16.4. The molecule has 1 atom stereocenters. The molecule has 6 nitrogen and oxygen atoms in total. The standard InChI is InChI=1S/C18H21N3O3/c22-18(14-5-2-1-3-6-14)21-10-4-7-15(21)17-19-16(20-24-17)13-8-11-23-12-9-13/h1-3,5-6,13,15H,4,7-12H2. The van der Waals surface area contributed by atoms with Crippen LogP contribution in [0.1, 0.15) is 59.7 Å². The molecule has 0 saturated carbocycles. The first-order chi connectivity index (χ1) is 11.8. The van der Waals surface area contributed by atoms with Crippen molar-refractivity contribution >= 4 is 5.91 Å². The monoisotopic (exact) mass is 327 g/mol. The maximum absolute atomic E-state index is 12.8. The molecule has 3 heterocycles. The van der Waals surface area contributed by atoms with E-state index in [4.69, 9.17) is 9.26 Å². The Bertz CT molecular complexity index is 695. The van der Waals surface area contributed by atoms with Crippen LogP contribution in [-0.2, 0) is 4.74 Å². The number of rotatable bonds is 3. The number of carbonyl (C=O) groups is 1. The van der Waals surface area contributed by atoms with Crippen LogP contribution in [-0.4, -0.2) is 40.7 Å². The van der Waals surface area contributed by atoms with Crippen molar-refractivity contribution in [1.29, 1.82) is 0 Å². The summed E-state index contributed by atoms with van der Waals surface area (Å²) in [4.78, 5) is 19.2. The number of likely N-dealkylation sites (tertiary alicyclic amines) is 1. The van der Waals surface area contributed by atoms with Crippen LogP contribution in [0.5, 0.6) is 0 Å². The number of hydrogen-bond acceptors (Lipinski definition) is 5. The second-order valence-electron chi connectivity index (χ2n) is 6.40. The van der Waals surface area contributed by atoms with E-state index in [1.807, 2.05) is 35.2 Å². The smallest absolute Gasteiger partial charge is 0.254 e. The molecule has 1 aromatic carbocycles. The minimum atomic E-state index is -0.112. The Hall–Kier alpha value is -2.21. The maximum Gasteiger partial charge on any atom is 0.254 e. The SMILES string of the molecule is O=C(c1ccccc1)N1CCCC1c1nc(C2CCOCC2)no1. The van der Waals surface area contributed by atoms with Crippen molar-refractivity contribution < 1.29 is 14.1 Å². The van der Waals surface area contributed by atoms with E-state index in [2.05, 4.69) is 10.1 Å². The van der Waals surface area contributed by atoms with E-state index < -0.39 is 0 Å². The van der Waals surface area contributed by atoms with Gasteiger partial charge in [0.2, 0.25) is 5.89 Å². The van der Waals surface area contributed by atoms with Gasteiger partial charge in [0.25, 0.3) is 5.91 Å². The van der Waals surface area contributed by atoms with Crippen molar-refractivity contribution in [2.75, 3.05) is 19.8 Å². The van der Waals surface area contributed by atoms with Gasteiger partial charge in [-0.2, -0.15) is 4.98 Å². The van der Waals surface area contributed by atoms with Gasteiger partial charge < -0.3 is 14.2 Å². The van der Waals surface area contributed by atoms with Crippen LogP contribution in [0.3, 0.4) is 0 Å². The van der Waals surface area contributed by atoms with Crippen LogP contribution in [0, 0.1) is 0 Å². The van der Waals surface area contributed by atoms with Gasteiger partial charge in [0.15, 0.2) is 5.82 Å². The van der Waals surface area contributed by atoms with Crippen LogP contribution in [0.25, 0.3) is 0 Å². The fourth-order valence-electron chi connectivity index (χ4n) is 3.52. The minimum absolute atomic E-state index is 0.0314. The second-order valence-corrected chi connectivity index (χ2v) is 6.40. The Labute approximate surface area is 140 Å². The summed E-state index contributed by atoms with van der Waals surface area (Å²) in [6, 6.07) is 9.26. The van der Waals surface area contributed by atoms with Crippen LogP contribution in [0.4, 0.5) is 0 Å². The molecule has 1 unspecified atom stereocenters. The number of hydrogen-bond donors (Lipinski definition) is 0. The lowest BCUT2D eigenvalue weighted by atomic mass is 10.00. The van der Waals surface area contributed by atoms with Gasteiger partial charge in [-0.1, -0.05) is 23.4 Å². The topological polar surface area (TPSA) is 68.5 Å². The quantitative estimate of drug-likeness (QED) is 0.867. The van der Waals surface area contributed by atoms with Gasteiger partial charge in [0.1, 0.15) is 6.04 Å². The van der Waals surface area contributed by atoms with Crippen LogP contribution >= 0.6 is 0 Å². The average molecular weight is 327 g/mol. The summed E-state index contributed by atoms with van der Waals surface area (Å²) in [6.45, 7) is 2.22. The minimum Gasteiger partial charge on any atom is -0.381 e. The highest BCUT2D eigenvalue weighted by Gasteiger charge is 2.35. The highest BCUT2D eigenvalue weighted by Crippen LogP contribution is 2.33. The van der Waals surface area contributed by atoms with Crippen LogP contribution in [0.2, 0.25) is 0 Å². The maximum atomic E-state index is 12.8. The van der Waals surface area contributed by atoms with E-state index in [0.29, 0.717) is 17.4 Å². The third-order valence-corrected chi connectivity index (χ3v) is 4.86. The predicted molar refractivity (Wildman–Crippen MR) is 86.5 cm³/mol. The summed E-state index contributed by atoms with van der Waals surface area (Å²) in [5.74, 6) is 1.66. The Balaban J connectivity index is 1.52. The molecule has 1 amide bonds. The normalized spacial score (nSPS) is 22.0. The largest absolute Gasteiger partial charge is 0.381 e. The Morgan fingerprint density at radius 1 is 1.12 bits per heavy atom. The highest BCUT2D eigenvalue weighted by atomic mass is 16.5. The van der Waals surface area contributed by atoms with Crippen LogP contribution in [0.15, 0.2) is 34.9 Å². The van der Waals surface area contributed by atoms with Crippen molar-refractivity contribution in [2.24, 2.45) is 0 Å². The summed E-state index contributed by atoms with van der Waals surface area (Å²) in [5, 5.41) is 4.17. The van der Waals surface area contributed by atoms with Gasteiger partial charge in [0, 0.05) is 31.2 Å². The number of benzene rings is 1. The summed E-state index contributed by atoms with van der Waals surface area (Å²) < 4.78 is 10.9. The van der Waals surface area contributed by atoms with Gasteiger partial charge in [0.05, 0.1) is 0 Å². The number of amides is 1. The molecule has 0 spiro atoms. The molecule has 0 N–H and O–H groups in total. The van der Waals surface area contributed by atoms with Crippen molar-refractivity contribution in [3.63, 3.8) is 0 Å². The molecule has 1 aromatic heterocycles. The van der Waals surface area contributed by atoms with Gasteiger partial charge in [-0.15, -0.1) is 0 Å². The fraction of sp³-hybridized carbons (Fsp3) is 0.500. The van der Waals surface area contributed by atoms with E-state index in [-0.39, 0.29) is 11.9 Å². The van der Waals surface area contributed by atoms with E-state index in [9.17, 15) is 4.79 Å². The van der Waals surface area contributed by atoms with E-state index in [0.717, 1.165) is 51.3 Å². The number of ether oxygens (including phenoxy) is 1. The first-order valence-electron chi connectivity index (χ1n) is 8.60. The molecule has 2 saturated heterocycles. The lowest BCUT2D eigenvalue weighted by Crippen LogP contribution is -2.30. The Morgan fingerprint density at radius 2 is 1.92 bits per heavy atom. The summed E-state index contributed by atoms with van der Waals surface area (Å²) in [5.41, 5.74) is 0.702. The molecule has 0 radical (unpaired) electrons. The molecule has 0 bridgehead atoms. The second kappa shape index (κ2) is 6.73. The summed E-state index contributed by atoms with van der Waals surface area (Å²) >= 11 is 0. The van der Waals surface area contributed by atoms with E-state index >= 15 is 0 Å². The Morgan fingerprint density at radius 3 is 2.71 bits per heavy atom. The molecule has 2 aliphatic heterocycles. The van der Waals surface area contributed by atoms with Gasteiger partial charge in [-0.25, -0.2) is 0 Å². The number of nitrogens with zero attached hydrogens (tertiary/aromatic N) is 3. The summed E-state index contributed by atoms with van der Waals surface area (Å²) in [7, 11) is 0. The summed E-state index contributed by atoms with van der Waals surface area (Å²) in [6.07, 6.45) is 3.68. The number of aromatic nitrogens is 2. The third kappa shape index (κ3) is 2.94. The molecule has 6 heteroatoms. The Kier molecular flexibility index (Phi) is 4.30. The lowest BCUT2D eigenvalue weighted by Gasteiger charge is -2.22. The molecule has 4 rings (SSSR count). The van der Waals surface area contributed by atoms with Crippen molar-refractivity contribution in [1.82, 2.24) is 15.0 Å². The fourth-order valence-corrected chi connectivity index (χ4v) is 3.52. The average Bonchev–Trinajstić information content (AvgIpc) is 3.32. The zero-order valence-electron chi connectivity index (χ0n) is 13.6. The lowest BCUT2D eigenvalue weighted by molar-refractivity contribution is 0.0710. The molecule has 2 aromatic rings. The molecule has 126 valence electrons. The third-order valence-electron chi connectivity index (χ3n) is 4.86. The van der Waals surface area contributed by atoms with Gasteiger partial charge in [-0.3, -0.25) is 4.79 Å². The van der Waals surface area contributed by atoms with Crippen molar-refractivity contribution in [2.45, 2.75) is 37.6 Å². The number of carbonyl (C=O) groups excluding carboxylic acids is 1. The van der Waals surface area contributed by atoms with Gasteiger partial charge in [-0.05, 0) is 37.8 Å². The highest BCUT2D eigenvalue weighted by molar-refractivity contribution is 5.94. The molecular formula is C18H21N3O3. The first-order valence-corrected chi connectivity index (χ1v) is 8.60. The van der Waals surface area contributed by atoms with E-state index in [1.54, 1.807) is 0 Å². The molecule has 0 aliphatic carbocycles. The molecule has 2 fully saturated rings. The van der Waals surface area contributed by atoms with Crippen molar-refractivity contribution in [3.8, 4) is 0 Å². The zero-order valence-corrected chi connectivity index (χ0v) is 13.6. The molecule has 2 aliphatic rings. The molecular weight excluding hydrogens is 306 g/mol. The van der Waals surface area contributed by atoms with E-state index in [1.165, 1.54) is 0 Å². The first kappa shape index (κ1) is 15.3.